The average molecular weight is 387 g/mol. The summed E-state index contributed by atoms with van der Waals surface area (Å²) in [6.07, 6.45) is 0.817. The van der Waals surface area contributed by atoms with E-state index in [0.717, 1.165) is 23.4 Å². The van der Waals surface area contributed by atoms with Crippen LogP contribution in [0.1, 0.15) is 37.4 Å². The lowest BCUT2D eigenvalue weighted by Gasteiger charge is -2.38. The molecule has 27 heavy (non-hydrogen) atoms. The number of methoxy groups -OCH3 is 2. The number of benzene rings is 2. The second-order valence-electron chi connectivity index (χ2n) is 7.33. The highest BCUT2D eigenvalue weighted by molar-refractivity contribution is 7.80. The predicted molar refractivity (Wildman–Crippen MR) is 112 cm³/mol. The van der Waals surface area contributed by atoms with Crippen LogP contribution < -0.4 is 24.8 Å². The first-order valence-electron chi connectivity index (χ1n) is 8.90. The van der Waals surface area contributed by atoms with E-state index in [0.29, 0.717) is 16.6 Å². The molecule has 0 unspecified atom stereocenters. The topological polar surface area (TPSA) is 51.8 Å². The summed E-state index contributed by atoms with van der Waals surface area (Å²) in [5.41, 5.74) is 2.90. The number of hydrogen-bond acceptors (Lipinski definition) is 4. The molecule has 144 valence electrons. The second-order valence-corrected chi connectivity index (χ2v) is 7.74. The van der Waals surface area contributed by atoms with Gasteiger partial charge in [-0.2, -0.15) is 0 Å². The highest BCUT2D eigenvalue weighted by atomic mass is 32.1. The molecule has 1 heterocycles. The minimum Gasteiger partial charge on any atom is -0.493 e. The molecule has 6 heteroatoms. The molecule has 0 aliphatic carbocycles. The molecule has 1 atom stereocenters. The molecule has 1 aliphatic heterocycles. The Balaban J connectivity index is 1.77. The molecule has 0 aromatic heterocycles. The standard InChI is InChI=1S/C21H26N2O3S/c1-13-6-8-17-15(10-13)16(12-21(2,3)26-17)23-20(27)22-14-7-9-18(24-4)19(11-14)25-5/h6-11,16H,12H2,1-5H3,(H2,22,23,27)/t16-/m0/s1. The van der Waals surface area contributed by atoms with Crippen LogP contribution in [-0.2, 0) is 0 Å². The number of rotatable bonds is 4. The lowest BCUT2D eigenvalue weighted by Crippen LogP contribution is -2.42. The van der Waals surface area contributed by atoms with E-state index in [1.165, 1.54) is 5.56 Å². The van der Waals surface area contributed by atoms with Gasteiger partial charge < -0.3 is 24.8 Å². The Bertz CT molecular complexity index is 851. The highest BCUT2D eigenvalue weighted by Gasteiger charge is 2.34. The Morgan fingerprint density at radius 3 is 2.56 bits per heavy atom. The number of anilines is 1. The largest absolute Gasteiger partial charge is 0.493 e. The number of nitrogens with one attached hydrogen (secondary N) is 2. The second kappa shape index (κ2) is 7.64. The summed E-state index contributed by atoms with van der Waals surface area (Å²) in [5, 5.41) is 7.23. The first-order valence-corrected chi connectivity index (χ1v) is 9.31. The van der Waals surface area contributed by atoms with Gasteiger partial charge in [0, 0.05) is 23.7 Å². The van der Waals surface area contributed by atoms with Crippen LogP contribution in [0, 0.1) is 6.92 Å². The van der Waals surface area contributed by atoms with E-state index < -0.39 is 0 Å². The molecule has 0 bridgehead atoms. The fraction of sp³-hybridized carbons (Fsp3) is 0.381. The Morgan fingerprint density at radius 2 is 1.85 bits per heavy atom. The van der Waals surface area contributed by atoms with Crippen molar-refractivity contribution in [3.63, 3.8) is 0 Å². The maximum Gasteiger partial charge on any atom is 0.171 e. The van der Waals surface area contributed by atoms with E-state index in [9.17, 15) is 0 Å². The van der Waals surface area contributed by atoms with Gasteiger partial charge in [0.1, 0.15) is 11.4 Å². The van der Waals surface area contributed by atoms with Crippen LogP contribution in [0.2, 0.25) is 0 Å². The van der Waals surface area contributed by atoms with E-state index >= 15 is 0 Å². The zero-order chi connectivity index (χ0) is 19.6. The summed E-state index contributed by atoms with van der Waals surface area (Å²) in [4.78, 5) is 0. The van der Waals surface area contributed by atoms with E-state index in [-0.39, 0.29) is 11.6 Å². The van der Waals surface area contributed by atoms with Crippen molar-refractivity contribution in [2.24, 2.45) is 0 Å². The molecule has 0 saturated carbocycles. The molecule has 2 N–H and O–H groups in total. The van der Waals surface area contributed by atoms with Crippen molar-refractivity contribution in [3.8, 4) is 17.2 Å². The van der Waals surface area contributed by atoms with Crippen molar-refractivity contribution in [1.82, 2.24) is 5.32 Å². The summed E-state index contributed by atoms with van der Waals surface area (Å²) in [6, 6.07) is 11.9. The SMILES string of the molecule is COc1ccc(NC(=S)N[C@H]2CC(C)(C)Oc3ccc(C)cc32)cc1OC. The van der Waals surface area contributed by atoms with Crippen molar-refractivity contribution >= 4 is 23.0 Å². The number of thiocarbonyl (C=S) groups is 1. The molecule has 2 aromatic carbocycles. The van der Waals surface area contributed by atoms with Gasteiger partial charge >= 0.3 is 0 Å². The fourth-order valence-corrected chi connectivity index (χ4v) is 3.60. The quantitative estimate of drug-likeness (QED) is 0.749. The van der Waals surface area contributed by atoms with Crippen molar-refractivity contribution in [2.75, 3.05) is 19.5 Å². The summed E-state index contributed by atoms with van der Waals surface area (Å²) in [6.45, 7) is 6.27. The molecule has 0 fully saturated rings. The van der Waals surface area contributed by atoms with Gasteiger partial charge in [0.2, 0.25) is 0 Å². The van der Waals surface area contributed by atoms with E-state index in [2.05, 4.69) is 43.5 Å². The molecule has 0 spiro atoms. The average Bonchev–Trinajstić information content (AvgIpc) is 2.61. The van der Waals surface area contributed by atoms with Gasteiger partial charge in [-0.3, -0.25) is 0 Å². The van der Waals surface area contributed by atoms with Crippen LogP contribution in [0.3, 0.4) is 0 Å². The number of hydrogen-bond donors (Lipinski definition) is 2. The summed E-state index contributed by atoms with van der Waals surface area (Å²) >= 11 is 5.56. The van der Waals surface area contributed by atoms with Gasteiger partial charge in [0.15, 0.2) is 16.6 Å². The van der Waals surface area contributed by atoms with Crippen molar-refractivity contribution in [1.29, 1.82) is 0 Å². The zero-order valence-corrected chi connectivity index (χ0v) is 17.2. The number of aryl methyl sites for hydroxylation is 1. The zero-order valence-electron chi connectivity index (χ0n) is 16.4. The Kier molecular flexibility index (Phi) is 5.46. The van der Waals surface area contributed by atoms with Crippen LogP contribution in [0.15, 0.2) is 36.4 Å². The first-order chi connectivity index (χ1) is 12.8. The lowest BCUT2D eigenvalue weighted by molar-refractivity contribution is 0.0696. The van der Waals surface area contributed by atoms with Gasteiger partial charge in [-0.15, -0.1) is 0 Å². The van der Waals surface area contributed by atoms with Crippen molar-refractivity contribution in [3.05, 3.63) is 47.5 Å². The van der Waals surface area contributed by atoms with Gasteiger partial charge in [-0.25, -0.2) is 0 Å². The molecule has 0 saturated heterocycles. The number of ether oxygens (including phenoxy) is 3. The lowest BCUT2D eigenvalue weighted by atomic mass is 9.89. The van der Waals surface area contributed by atoms with Gasteiger partial charge in [-0.1, -0.05) is 17.7 Å². The minimum atomic E-state index is -0.265. The van der Waals surface area contributed by atoms with Crippen LogP contribution in [-0.4, -0.2) is 24.9 Å². The molecular formula is C21H26N2O3S. The van der Waals surface area contributed by atoms with E-state index in [1.807, 2.05) is 24.3 Å². The minimum absolute atomic E-state index is 0.0730. The van der Waals surface area contributed by atoms with E-state index in [4.69, 9.17) is 26.4 Å². The summed E-state index contributed by atoms with van der Waals surface area (Å²) in [7, 11) is 3.23. The third-order valence-electron chi connectivity index (χ3n) is 4.57. The maximum atomic E-state index is 6.13. The summed E-state index contributed by atoms with van der Waals surface area (Å²) < 4.78 is 16.8. The fourth-order valence-electron chi connectivity index (χ4n) is 3.34. The monoisotopic (exact) mass is 386 g/mol. The predicted octanol–water partition coefficient (Wildman–Crippen LogP) is 4.60. The van der Waals surface area contributed by atoms with Gasteiger partial charge in [0.25, 0.3) is 0 Å². The van der Waals surface area contributed by atoms with Crippen LogP contribution in [0.4, 0.5) is 5.69 Å². The third-order valence-corrected chi connectivity index (χ3v) is 4.79. The van der Waals surface area contributed by atoms with Crippen molar-refractivity contribution in [2.45, 2.75) is 38.8 Å². The van der Waals surface area contributed by atoms with Crippen LogP contribution in [0.5, 0.6) is 17.2 Å². The molecule has 2 aromatic rings. The number of fused-ring (bicyclic) bond motifs is 1. The van der Waals surface area contributed by atoms with Crippen molar-refractivity contribution < 1.29 is 14.2 Å². The van der Waals surface area contributed by atoms with Gasteiger partial charge in [0.05, 0.1) is 20.3 Å². The Hall–Kier alpha value is -2.47. The summed E-state index contributed by atoms with van der Waals surface area (Å²) in [5.74, 6) is 2.24. The molecule has 1 aliphatic rings. The molecule has 0 amide bonds. The molecule has 0 radical (unpaired) electrons. The maximum absolute atomic E-state index is 6.13. The van der Waals surface area contributed by atoms with Crippen LogP contribution in [0.25, 0.3) is 0 Å². The molecule has 5 nitrogen and oxygen atoms in total. The molecular weight excluding hydrogens is 360 g/mol. The highest BCUT2D eigenvalue weighted by Crippen LogP contribution is 2.40. The van der Waals surface area contributed by atoms with E-state index in [1.54, 1.807) is 14.2 Å². The normalized spacial score (nSPS) is 17.3. The van der Waals surface area contributed by atoms with Crippen LogP contribution >= 0.6 is 12.2 Å². The van der Waals surface area contributed by atoms with Gasteiger partial charge in [-0.05, 0) is 51.2 Å². The Morgan fingerprint density at radius 1 is 1.11 bits per heavy atom. The smallest absolute Gasteiger partial charge is 0.171 e. The Labute approximate surface area is 166 Å². The third kappa shape index (κ3) is 4.45. The first kappa shape index (κ1) is 19.3. The molecule has 3 rings (SSSR count).